The number of carboxylic acids is 1. The van der Waals surface area contributed by atoms with Gasteiger partial charge >= 0.3 is 5.97 Å². The van der Waals surface area contributed by atoms with Crippen molar-refractivity contribution in [3.05, 3.63) is 29.8 Å². The van der Waals surface area contributed by atoms with Gasteiger partial charge in [0.2, 0.25) is 0 Å². The van der Waals surface area contributed by atoms with Gasteiger partial charge in [-0.15, -0.1) is 0 Å². The van der Waals surface area contributed by atoms with E-state index in [4.69, 9.17) is 9.47 Å². The van der Waals surface area contributed by atoms with Crippen LogP contribution in [-0.4, -0.2) is 43.1 Å². The van der Waals surface area contributed by atoms with Crippen LogP contribution in [0.2, 0.25) is 0 Å². The summed E-state index contributed by atoms with van der Waals surface area (Å²) in [5.41, 5.74) is 0.872. The molecular weight excluding hydrogens is 248 g/mol. The molecule has 1 aromatic carbocycles. The first-order valence-corrected chi connectivity index (χ1v) is 6.09. The van der Waals surface area contributed by atoms with Gasteiger partial charge in [0.05, 0.1) is 25.7 Å². The normalized spacial score (nSPS) is 13.8. The van der Waals surface area contributed by atoms with E-state index in [0.29, 0.717) is 12.2 Å². The summed E-state index contributed by atoms with van der Waals surface area (Å²) in [5.74, 6) is -0.866. The van der Waals surface area contributed by atoms with Crippen molar-refractivity contribution >= 4 is 5.97 Å². The standard InChI is InChI=1S/C14H20O5/c1-18-9-12(15)8-11(14(16)17)6-10-4-3-5-13(7-10)19-2/h3-5,7,11-12,15H,6,8-9H2,1-2H3,(H,16,17). The highest BCUT2D eigenvalue weighted by molar-refractivity contribution is 5.70. The first-order chi connectivity index (χ1) is 9.06. The molecule has 0 aromatic heterocycles. The Kier molecular flexibility index (Phi) is 6.32. The van der Waals surface area contributed by atoms with Crippen molar-refractivity contribution in [3.8, 4) is 5.75 Å². The number of ether oxygens (including phenoxy) is 2. The second-order valence-corrected chi connectivity index (χ2v) is 4.44. The number of aliphatic hydroxyl groups excluding tert-OH is 1. The van der Waals surface area contributed by atoms with Crippen LogP contribution in [0.4, 0.5) is 0 Å². The number of carboxylic acid groups (broad SMARTS) is 1. The molecule has 0 radical (unpaired) electrons. The van der Waals surface area contributed by atoms with Gasteiger partial charge in [-0.1, -0.05) is 12.1 Å². The quantitative estimate of drug-likeness (QED) is 0.744. The molecule has 2 N–H and O–H groups in total. The van der Waals surface area contributed by atoms with Gasteiger partial charge in [-0.2, -0.15) is 0 Å². The Labute approximate surface area is 112 Å². The highest BCUT2D eigenvalue weighted by Gasteiger charge is 2.22. The van der Waals surface area contributed by atoms with E-state index < -0.39 is 18.0 Å². The number of hydrogen-bond acceptors (Lipinski definition) is 4. The number of hydrogen-bond donors (Lipinski definition) is 2. The Balaban J connectivity index is 2.69. The van der Waals surface area contributed by atoms with Crippen molar-refractivity contribution in [2.45, 2.75) is 18.9 Å². The van der Waals surface area contributed by atoms with Gasteiger partial charge in [-0.3, -0.25) is 4.79 Å². The molecule has 106 valence electrons. The number of carbonyl (C=O) groups is 1. The minimum atomic E-state index is -0.919. The van der Waals surface area contributed by atoms with Crippen LogP contribution in [0.25, 0.3) is 0 Å². The number of methoxy groups -OCH3 is 2. The largest absolute Gasteiger partial charge is 0.497 e. The third kappa shape index (κ3) is 5.28. The summed E-state index contributed by atoms with van der Waals surface area (Å²) in [4.78, 5) is 11.2. The van der Waals surface area contributed by atoms with E-state index in [2.05, 4.69) is 0 Å². The van der Waals surface area contributed by atoms with Gasteiger partial charge in [0, 0.05) is 7.11 Å². The van der Waals surface area contributed by atoms with Crippen molar-refractivity contribution in [1.29, 1.82) is 0 Å². The van der Waals surface area contributed by atoms with Crippen molar-refractivity contribution in [3.63, 3.8) is 0 Å². The Morgan fingerprint density at radius 3 is 2.68 bits per heavy atom. The molecule has 19 heavy (non-hydrogen) atoms. The monoisotopic (exact) mass is 268 g/mol. The SMILES string of the molecule is COCC(O)CC(Cc1cccc(OC)c1)C(=O)O. The van der Waals surface area contributed by atoms with E-state index in [1.807, 2.05) is 12.1 Å². The van der Waals surface area contributed by atoms with Crippen LogP contribution in [0.1, 0.15) is 12.0 Å². The van der Waals surface area contributed by atoms with Crippen LogP contribution in [0, 0.1) is 5.92 Å². The number of benzene rings is 1. The van der Waals surface area contributed by atoms with Crippen LogP contribution in [-0.2, 0) is 16.0 Å². The summed E-state index contributed by atoms with van der Waals surface area (Å²) in [6, 6.07) is 7.28. The maximum Gasteiger partial charge on any atom is 0.306 e. The number of aliphatic carboxylic acids is 1. The Bertz CT molecular complexity index is 405. The molecule has 0 bridgehead atoms. The fourth-order valence-corrected chi connectivity index (χ4v) is 1.94. The van der Waals surface area contributed by atoms with E-state index in [1.165, 1.54) is 7.11 Å². The van der Waals surface area contributed by atoms with Gasteiger partial charge < -0.3 is 19.7 Å². The zero-order valence-electron chi connectivity index (χ0n) is 11.2. The Hall–Kier alpha value is -1.59. The Morgan fingerprint density at radius 2 is 2.11 bits per heavy atom. The fourth-order valence-electron chi connectivity index (χ4n) is 1.94. The molecule has 0 aliphatic rings. The van der Waals surface area contributed by atoms with Crippen molar-refractivity contribution < 1.29 is 24.5 Å². The first-order valence-electron chi connectivity index (χ1n) is 6.09. The van der Waals surface area contributed by atoms with Gasteiger partial charge in [0.25, 0.3) is 0 Å². The molecule has 0 spiro atoms. The van der Waals surface area contributed by atoms with Crippen molar-refractivity contribution in [2.24, 2.45) is 5.92 Å². The lowest BCUT2D eigenvalue weighted by atomic mass is 9.94. The zero-order chi connectivity index (χ0) is 14.3. The molecule has 2 atom stereocenters. The zero-order valence-corrected chi connectivity index (χ0v) is 11.2. The van der Waals surface area contributed by atoms with E-state index in [9.17, 15) is 15.0 Å². The van der Waals surface area contributed by atoms with E-state index >= 15 is 0 Å². The summed E-state index contributed by atoms with van der Waals surface area (Å²) < 4.78 is 9.91. The predicted molar refractivity (Wildman–Crippen MR) is 70.3 cm³/mol. The average Bonchev–Trinajstić information content (AvgIpc) is 2.38. The Morgan fingerprint density at radius 1 is 1.37 bits per heavy atom. The minimum Gasteiger partial charge on any atom is -0.497 e. The molecule has 0 amide bonds. The lowest BCUT2D eigenvalue weighted by Crippen LogP contribution is -2.25. The van der Waals surface area contributed by atoms with E-state index in [0.717, 1.165) is 5.56 Å². The molecule has 0 saturated heterocycles. The van der Waals surface area contributed by atoms with Gasteiger partial charge in [0.15, 0.2) is 0 Å². The summed E-state index contributed by atoms with van der Waals surface area (Å²) in [7, 11) is 3.04. The smallest absolute Gasteiger partial charge is 0.306 e. The van der Waals surface area contributed by atoms with Crippen LogP contribution < -0.4 is 4.74 Å². The third-order valence-corrected chi connectivity index (χ3v) is 2.88. The third-order valence-electron chi connectivity index (χ3n) is 2.88. The molecular formula is C14H20O5. The average molecular weight is 268 g/mol. The highest BCUT2D eigenvalue weighted by Crippen LogP contribution is 2.19. The lowest BCUT2D eigenvalue weighted by Gasteiger charge is -2.16. The summed E-state index contributed by atoms with van der Waals surface area (Å²) >= 11 is 0. The molecule has 0 fully saturated rings. The molecule has 5 heteroatoms. The maximum absolute atomic E-state index is 11.2. The topological polar surface area (TPSA) is 76.0 Å². The van der Waals surface area contributed by atoms with Gasteiger partial charge in [-0.25, -0.2) is 0 Å². The molecule has 0 aliphatic heterocycles. The second-order valence-electron chi connectivity index (χ2n) is 4.44. The van der Waals surface area contributed by atoms with Crippen LogP contribution in [0.3, 0.4) is 0 Å². The summed E-state index contributed by atoms with van der Waals surface area (Å²) in [5, 5.41) is 18.8. The van der Waals surface area contributed by atoms with Crippen LogP contribution in [0.15, 0.2) is 24.3 Å². The molecule has 0 heterocycles. The van der Waals surface area contributed by atoms with Gasteiger partial charge in [0.1, 0.15) is 5.75 Å². The van der Waals surface area contributed by atoms with Crippen LogP contribution in [0.5, 0.6) is 5.75 Å². The van der Waals surface area contributed by atoms with Crippen molar-refractivity contribution in [2.75, 3.05) is 20.8 Å². The number of rotatable bonds is 8. The molecule has 0 saturated carbocycles. The fraction of sp³-hybridized carbons (Fsp3) is 0.500. The van der Waals surface area contributed by atoms with E-state index in [1.54, 1.807) is 19.2 Å². The minimum absolute atomic E-state index is 0.141. The van der Waals surface area contributed by atoms with Gasteiger partial charge in [-0.05, 0) is 30.5 Å². The summed E-state index contributed by atoms with van der Waals surface area (Å²) in [6.07, 6.45) is -0.245. The van der Waals surface area contributed by atoms with Crippen molar-refractivity contribution in [1.82, 2.24) is 0 Å². The molecule has 0 aliphatic carbocycles. The first kappa shape index (κ1) is 15.5. The molecule has 5 nitrogen and oxygen atoms in total. The maximum atomic E-state index is 11.2. The van der Waals surface area contributed by atoms with E-state index in [-0.39, 0.29) is 13.0 Å². The number of aliphatic hydroxyl groups is 1. The highest BCUT2D eigenvalue weighted by atomic mass is 16.5. The predicted octanol–water partition coefficient (Wildman–Crippen LogP) is 1.34. The van der Waals surface area contributed by atoms with Crippen LogP contribution >= 0.6 is 0 Å². The molecule has 1 aromatic rings. The lowest BCUT2D eigenvalue weighted by molar-refractivity contribution is -0.143. The second kappa shape index (κ2) is 7.76. The molecule has 2 unspecified atom stereocenters. The molecule has 1 rings (SSSR count). The summed E-state index contributed by atoms with van der Waals surface area (Å²) in [6.45, 7) is 0.141.